The molecule has 0 bridgehead atoms. The number of nitrogens with two attached hydrogens (primary N) is 1. The van der Waals surface area contributed by atoms with Crippen molar-refractivity contribution in [2.45, 2.75) is 19.9 Å². The molecule has 1 aromatic rings. The van der Waals surface area contributed by atoms with E-state index in [1.54, 1.807) is 25.1 Å². The zero-order valence-electron chi connectivity index (χ0n) is 10.7. The quantitative estimate of drug-likeness (QED) is 0.451. The normalized spacial score (nSPS) is 11.6. The van der Waals surface area contributed by atoms with Gasteiger partial charge in [0.05, 0.1) is 5.69 Å². The molecule has 1 unspecified atom stereocenters. The summed E-state index contributed by atoms with van der Waals surface area (Å²) in [6, 6.07) is 4.50. The Morgan fingerprint density at radius 1 is 1.33 bits per heavy atom. The third-order valence-electron chi connectivity index (χ3n) is 2.63. The summed E-state index contributed by atoms with van der Waals surface area (Å²) in [4.78, 5) is 23.2. The van der Waals surface area contributed by atoms with E-state index in [1.807, 2.05) is 6.92 Å². The van der Waals surface area contributed by atoms with Gasteiger partial charge in [0.2, 0.25) is 5.91 Å². The van der Waals surface area contributed by atoms with E-state index in [0.717, 1.165) is 11.3 Å². The molecule has 0 fully saturated rings. The van der Waals surface area contributed by atoms with Crippen molar-refractivity contribution in [2.75, 3.05) is 12.5 Å². The minimum absolute atomic E-state index is 0.236. The largest absolute Gasteiger partial charge is 0.357 e. The summed E-state index contributed by atoms with van der Waals surface area (Å²) in [7, 11) is 1.52. The number of aryl methyl sites for hydroxylation is 1. The third-order valence-corrected chi connectivity index (χ3v) is 2.63. The van der Waals surface area contributed by atoms with Gasteiger partial charge in [-0.3, -0.25) is 15.4 Å². The van der Waals surface area contributed by atoms with Gasteiger partial charge in [0.1, 0.15) is 6.04 Å². The van der Waals surface area contributed by atoms with Crippen molar-refractivity contribution in [2.24, 2.45) is 5.84 Å². The van der Waals surface area contributed by atoms with Gasteiger partial charge in [-0.25, -0.2) is 0 Å². The zero-order valence-corrected chi connectivity index (χ0v) is 10.7. The molecule has 0 saturated heterocycles. The number of rotatable bonds is 4. The van der Waals surface area contributed by atoms with Crippen molar-refractivity contribution in [3.05, 3.63) is 29.3 Å². The van der Waals surface area contributed by atoms with E-state index < -0.39 is 6.04 Å². The lowest BCUT2D eigenvalue weighted by Crippen LogP contribution is -2.43. The smallest absolute Gasteiger partial charge is 0.251 e. The van der Waals surface area contributed by atoms with Gasteiger partial charge >= 0.3 is 0 Å². The summed E-state index contributed by atoms with van der Waals surface area (Å²) in [5.74, 6) is 4.78. The first-order chi connectivity index (χ1) is 8.49. The molecule has 5 N–H and O–H groups in total. The molecule has 0 aliphatic rings. The average Bonchev–Trinajstić information content (AvgIpc) is 2.37. The number of hydrogen-bond donors (Lipinski definition) is 4. The Balaban J connectivity index is 2.79. The van der Waals surface area contributed by atoms with E-state index in [1.165, 1.54) is 7.05 Å². The molecule has 6 heteroatoms. The second-order valence-corrected chi connectivity index (χ2v) is 3.98. The highest BCUT2D eigenvalue weighted by Crippen LogP contribution is 2.15. The van der Waals surface area contributed by atoms with Gasteiger partial charge in [-0.15, -0.1) is 0 Å². The lowest BCUT2D eigenvalue weighted by Gasteiger charge is -2.13. The molecular formula is C12H18N4O2. The molecule has 0 aliphatic heterocycles. The lowest BCUT2D eigenvalue weighted by atomic mass is 10.1. The summed E-state index contributed by atoms with van der Waals surface area (Å²) >= 11 is 0. The van der Waals surface area contributed by atoms with Crippen LogP contribution in [0.15, 0.2) is 18.2 Å². The number of anilines is 1. The molecule has 0 aromatic heterocycles. The van der Waals surface area contributed by atoms with Crippen LogP contribution in [-0.2, 0) is 4.79 Å². The first-order valence-electron chi connectivity index (χ1n) is 5.59. The van der Waals surface area contributed by atoms with Crippen molar-refractivity contribution < 1.29 is 9.59 Å². The van der Waals surface area contributed by atoms with Gasteiger partial charge in [0, 0.05) is 12.6 Å². The molecule has 1 aromatic carbocycles. The number of nitrogen functional groups attached to an aromatic ring is 1. The fourth-order valence-electron chi connectivity index (χ4n) is 1.53. The molecule has 98 valence electrons. The summed E-state index contributed by atoms with van der Waals surface area (Å²) in [6.07, 6.45) is 0. The first kappa shape index (κ1) is 14.0. The summed E-state index contributed by atoms with van der Waals surface area (Å²) in [5, 5.41) is 5.08. The number of amides is 2. The Morgan fingerprint density at radius 2 is 2.00 bits per heavy atom. The molecule has 6 nitrogen and oxygen atoms in total. The predicted molar refractivity (Wildman–Crippen MR) is 70.0 cm³/mol. The highest BCUT2D eigenvalue weighted by atomic mass is 16.2. The second kappa shape index (κ2) is 6.02. The molecule has 0 heterocycles. The molecule has 0 spiro atoms. The van der Waals surface area contributed by atoms with Crippen molar-refractivity contribution >= 4 is 17.5 Å². The maximum atomic E-state index is 11.9. The summed E-state index contributed by atoms with van der Waals surface area (Å²) in [6.45, 7) is 3.47. The topological polar surface area (TPSA) is 96.2 Å². The first-order valence-corrected chi connectivity index (χ1v) is 5.59. The fourth-order valence-corrected chi connectivity index (χ4v) is 1.53. The SMILES string of the molecule is CNC(=O)C(C)NC(=O)c1ccc(NN)c(C)c1. The van der Waals surface area contributed by atoms with Gasteiger partial charge in [-0.05, 0) is 37.6 Å². The van der Waals surface area contributed by atoms with E-state index >= 15 is 0 Å². The Labute approximate surface area is 106 Å². The van der Waals surface area contributed by atoms with Crippen molar-refractivity contribution in [3.63, 3.8) is 0 Å². The Kier molecular flexibility index (Phi) is 4.67. The van der Waals surface area contributed by atoms with Crippen LogP contribution in [0.2, 0.25) is 0 Å². The maximum Gasteiger partial charge on any atom is 0.251 e. The Morgan fingerprint density at radius 3 is 2.50 bits per heavy atom. The number of likely N-dealkylation sites (N-methyl/N-ethyl adjacent to an activating group) is 1. The third kappa shape index (κ3) is 3.21. The zero-order chi connectivity index (χ0) is 13.7. The Hall–Kier alpha value is -2.08. The summed E-state index contributed by atoms with van der Waals surface area (Å²) < 4.78 is 0. The minimum atomic E-state index is -0.574. The minimum Gasteiger partial charge on any atom is -0.357 e. The van der Waals surface area contributed by atoms with Crippen LogP contribution in [0.1, 0.15) is 22.8 Å². The van der Waals surface area contributed by atoms with Crippen LogP contribution in [0.25, 0.3) is 0 Å². The molecule has 1 rings (SSSR count). The van der Waals surface area contributed by atoms with Crippen LogP contribution in [0.3, 0.4) is 0 Å². The van der Waals surface area contributed by atoms with Crippen LogP contribution in [-0.4, -0.2) is 24.9 Å². The van der Waals surface area contributed by atoms with Crippen LogP contribution >= 0.6 is 0 Å². The summed E-state index contributed by atoms with van der Waals surface area (Å²) in [5.41, 5.74) is 4.64. The molecule has 0 radical (unpaired) electrons. The van der Waals surface area contributed by atoms with Crippen LogP contribution in [0.4, 0.5) is 5.69 Å². The molecule has 18 heavy (non-hydrogen) atoms. The van der Waals surface area contributed by atoms with Crippen molar-refractivity contribution in [1.29, 1.82) is 0 Å². The lowest BCUT2D eigenvalue weighted by molar-refractivity contribution is -0.122. The van der Waals surface area contributed by atoms with Crippen LogP contribution < -0.4 is 21.9 Å². The maximum absolute atomic E-state index is 11.9. The number of carbonyl (C=O) groups excluding carboxylic acids is 2. The molecule has 0 saturated carbocycles. The van der Waals surface area contributed by atoms with E-state index in [9.17, 15) is 9.59 Å². The second-order valence-electron chi connectivity index (χ2n) is 3.98. The van der Waals surface area contributed by atoms with E-state index in [4.69, 9.17) is 5.84 Å². The average molecular weight is 250 g/mol. The van der Waals surface area contributed by atoms with Crippen molar-refractivity contribution in [1.82, 2.24) is 10.6 Å². The molecule has 1 atom stereocenters. The highest BCUT2D eigenvalue weighted by molar-refractivity contribution is 5.97. The number of carbonyl (C=O) groups is 2. The number of hydrazine groups is 1. The number of nitrogens with one attached hydrogen (secondary N) is 3. The number of hydrogen-bond acceptors (Lipinski definition) is 4. The van der Waals surface area contributed by atoms with Gasteiger partial charge < -0.3 is 16.1 Å². The Bertz CT molecular complexity index is 459. The number of benzene rings is 1. The van der Waals surface area contributed by atoms with Gasteiger partial charge in [-0.1, -0.05) is 0 Å². The van der Waals surface area contributed by atoms with Crippen molar-refractivity contribution in [3.8, 4) is 0 Å². The van der Waals surface area contributed by atoms with Gasteiger partial charge in [0.25, 0.3) is 5.91 Å². The molecule has 0 aliphatic carbocycles. The van der Waals surface area contributed by atoms with Gasteiger partial charge in [-0.2, -0.15) is 0 Å². The highest BCUT2D eigenvalue weighted by Gasteiger charge is 2.15. The predicted octanol–water partition coefficient (Wildman–Crippen LogP) is 0.145. The van der Waals surface area contributed by atoms with Crippen LogP contribution in [0.5, 0.6) is 0 Å². The fraction of sp³-hybridized carbons (Fsp3) is 0.333. The molecular weight excluding hydrogens is 232 g/mol. The monoisotopic (exact) mass is 250 g/mol. The van der Waals surface area contributed by atoms with Crippen LogP contribution in [0, 0.1) is 6.92 Å². The van der Waals surface area contributed by atoms with E-state index in [0.29, 0.717) is 5.56 Å². The van der Waals surface area contributed by atoms with E-state index in [-0.39, 0.29) is 11.8 Å². The van der Waals surface area contributed by atoms with Gasteiger partial charge in [0.15, 0.2) is 0 Å². The molecule has 2 amide bonds. The van der Waals surface area contributed by atoms with E-state index in [2.05, 4.69) is 16.1 Å². The standard InChI is InChI=1S/C12H18N4O2/c1-7-6-9(4-5-10(7)16-13)12(18)15-8(2)11(17)14-3/h4-6,8,16H,13H2,1-3H3,(H,14,17)(H,15,18).